The number of rotatable bonds is 3. The highest BCUT2D eigenvalue weighted by Crippen LogP contribution is 2.44. The van der Waals surface area contributed by atoms with Crippen LogP contribution in [0.2, 0.25) is 0 Å². The number of benzene rings is 1. The van der Waals surface area contributed by atoms with Crippen molar-refractivity contribution >= 4 is 23.6 Å². The van der Waals surface area contributed by atoms with Crippen molar-refractivity contribution in [2.75, 3.05) is 20.2 Å². The zero-order valence-electron chi connectivity index (χ0n) is 14.2. The molecule has 0 aromatic heterocycles. The van der Waals surface area contributed by atoms with Gasteiger partial charge in [-0.3, -0.25) is 4.79 Å². The first-order chi connectivity index (χ1) is 12.7. The maximum Gasteiger partial charge on any atom is 0.419 e. The van der Waals surface area contributed by atoms with Crippen LogP contribution < -0.4 is 10.6 Å². The lowest BCUT2D eigenvalue weighted by atomic mass is 9.90. The van der Waals surface area contributed by atoms with Crippen LogP contribution in [0.15, 0.2) is 28.8 Å². The summed E-state index contributed by atoms with van der Waals surface area (Å²) >= 11 is 1.27. The van der Waals surface area contributed by atoms with Crippen LogP contribution in [0, 0.1) is 11.7 Å². The second-order valence-corrected chi connectivity index (χ2v) is 7.39. The van der Waals surface area contributed by atoms with Crippen molar-refractivity contribution in [2.45, 2.75) is 17.8 Å². The Kier molecular flexibility index (Phi) is 5.48. The zero-order valence-corrected chi connectivity index (χ0v) is 15.0. The summed E-state index contributed by atoms with van der Waals surface area (Å²) in [6.07, 6.45) is -4.24. The third-order valence-electron chi connectivity index (χ3n) is 4.48. The van der Waals surface area contributed by atoms with Crippen LogP contribution in [0.1, 0.15) is 22.3 Å². The van der Waals surface area contributed by atoms with E-state index in [4.69, 9.17) is 4.74 Å². The molecule has 0 bridgehead atoms. The van der Waals surface area contributed by atoms with Gasteiger partial charge in [-0.2, -0.15) is 13.2 Å². The van der Waals surface area contributed by atoms with Crippen LogP contribution in [0.5, 0.6) is 0 Å². The maximum atomic E-state index is 13.4. The molecule has 2 atom stereocenters. The number of alkyl halides is 3. The molecule has 2 aliphatic rings. The van der Waals surface area contributed by atoms with E-state index in [0.29, 0.717) is 37.2 Å². The van der Waals surface area contributed by atoms with Gasteiger partial charge < -0.3 is 15.4 Å². The van der Waals surface area contributed by atoms with Crippen LogP contribution >= 0.6 is 11.8 Å². The number of thioether (sulfide) groups is 1. The number of esters is 1. The highest BCUT2D eigenvalue weighted by Gasteiger charge is 2.42. The van der Waals surface area contributed by atoms with Crippen LogP contribution in [0.3, 0.4) is 0 Å². The van der Waals surface area contributed by atoms with Crippen molar-refractivity contribution in [3.8, 4) is 0 Å². The first kappa shape index (κ1) is 19.7. The van der Waals surface area contributed by atoms with Gasteiger partial charge in [-0.25, -0.2) is 9.18 Å². The normalized spacial score (nSPS) is 22.4. The molecule has 1 amide bonds. The average molecular weight is 404 g/mol. The third-order valence-corrected chi connectivity index (χ3v) is 5.83. The summed E-state index contributed by atoms with van der Waals surface area (Å²) < 4.78 is 56.8. The van der Waals surface area contributed by atoms with Gasteiger partial charge in [0.25, 0.3) is 5.91 Å². The molecule has 1 aromatic rings. The molecule has 2 unspecified atom stereocenters. The Hall–Kier alpha value is -2.07. The molecule has 2 N–H and O–H groups in total. The van der Waals surface area contributed by atoms with Gasteiger partial charge >= 0.3 is 12.1 Å². The molecule has 0 spiro atoms. The monoisotopic (exact) mass is 404 g/mol. The minimum absolute atomic E-state index is 0.0158. The first-order valence-electron chi connectivity index (χ1n) is 8.10. The largest absolute Gasteiger partial charge is 0.466 e. The topological polar surface area (TPSA) is 67.4 Å². The first-order valence-corrected chi connectivity index (χ1v) is 8.98. The van der Waals surface area contributed by atoms with Crippen LogP contribution in [0.25, 0.3) is 0 Å². The van der Waals surface area contributed by atoms with Crippen LogP contribution in [0.4, 0.5) is 17.6 Å². The molecular formula is C17H16F4N2O3S. The summed E-state index contributed by atoms with van der Waals surface area (Å²) in [5, 5.41) is 5.97. The summed E-state index contributed by atoms with van der Waals surface area (Å²) in [5.74, 6) is -3.00. The van der Waals surface area contributed by atoms with Crippen molar-refractivity contribution < 1.29 is 31.9 Å². The molecule has 146 valence electrons. The lowest BCUT2D eigenvalue weighted by Crippen LogP contribution is -2.38. The molecule has 27 heavy (non-hydrogen) atoms. The van der Waals surface area contributed by atoms with Gasteiger partial charge in [0.05, 0.1) is 23.3 Å². The molecule has 2 heterocycles. The molecule has 0 radical (unpaired) electrons. The molecule has 2 aliphatic heterocycles. The quantitative estimate of drug-likeness (QED) is 0.599. The van der Waals surface area contributed by atoms with E-state index in [0.717, 1.165) is 6.07 Å². The minimum atomic E-state index is -4.92. The number of nitrogens with one attached hydrogen (secondary N) is 2. The van der Waals surface area contributed by atoms with Crippen molar-refractivity contribution in [1.82, 2.24) is 10.6 Å². The number of hydrogen-bond acceptors (Lipinski definition) is 5. The van der Waals surface area contributed by atoms with Crippen LogP contribution in [-0.4, -0.2) is 37.3 Å². The Morgan fingerprint density at radius 3 is 2.74 bits per heavy atom. The van der Waals surface area contributed by atoms with Crippen molar-refractivity contribution in [3.63, 3.8) is 0 Å². The SMILES string of the molecule is COC(=O)C1=C(NC(=O)c2ccc(F)c(C(F)(F)F)c2)SC2CNCCC12. The number of carbonyl (C=O) groups excluding carboxylic acids is 2. The fourth-order valence-electron chi connectivity index (χ4n) is 3.18. The van der Waals surface area contributed by atoms with Crippen molar-refractivity contribution in [3.05, 3.63) is 45.7 Å². The Morgan fingerprint density at radius 1 is 1.33 bits per heavy atom. The van der Waals surface area contributed by atoms with Gasteiger partial charge in [-0.15, -0.1) is 11.8 Å². The zero-order chi connectivity index (χ0) is 19.8. The van der Waals surface area contributed by atoms with E-state index in [2.05, 4.69) is 10.6 Å². The standard InChI is InChI=1S/C17H16F4N2O3S/c1-26-16(25)13-9-4-5-22-7-12(9)27-15(13)23-14(24)8-2-3-11(18)10(6-8)17(19,20)21/h2-3,6,9,12,22H,4-5,7H2,1H3,(H,23,24). The van der Waals surface area contributed by atoms with Gasteiger partial charge in [-0.1, -0.05) is 0 Å². The number of carbonyl (C=O) groups is 2. The minimum Gasteiger partial charge on any atom is -0.466 e. The van der Waals surface area contributed by atoms with E-state index in [-0.39, 0.29) is 21.8 Å². The second kappa shape index (κ2) is 7.51. The van der Waals surface area contributed by atoms with E-state index < -0.39 is 29.4 Å². The highest BCUT2D eigenvalue weighted by molar-refractivity contribution is 8.04. The van der Waals surface area contributed by atoms with E-state index in [1.165, 1.54) is 18.9 Å². The van der Waals surface area contributed by atoms with Crippen LogP contribution in [-0.2, 0) is 15.7 Å². The summed E-state index contributed by atoms with van der Waals surface area (Å²) in [6.45, 7) is 1.33. The molecule has 0 saturated carbocycles. The molecule has 1 saturated heterocycles. The molecule has 3 rings (SSSR count). The number of methoxy groups -OCH3 is 1. The number of amides is 1. The number of fused-ring (bicyclic) bond motifs is 1. The summed E-state index contributed by atoms with van der Waals surface area (Å²) in [5.41, 5.74) is -1.55. The predicted octanol–water partition coefficient (Wildman–Crippen LogP) is 2.68. The second-order valence-electron chi connectivity index (χ2n) is 6.14. The fraction of sp³-hybridized carbons (Fsp3) is 0.412. The molecule has 0 aliphatic carbocycles. The average Bonchev–Trinajstić information content (AvgIpc) is 2.98. The molecule has 5 nitrogen and oxygen atoms in total. The highest BCUT2D eigenvalue weighted by atomic mass is 32.2. The molecule has 1 aromatic carbocycles. The Labute approximate surface area is 156 Å². The van der Waals surface area contributed by atoms with Gasteiger partial charge in [0.1, 0.15) is 5.82 Å². The van der Waals surface area contributed by atoms with Gasteiger partial charge in [0, 0.05) is 23.3 Å². The van der Waals surface area contributed by atoms with E-state index in [1.54, 1.807) is 0 Å². The van der Waals surface area contributed by atoms with Gasteiger partial charge in [0.2, 0.25) is 0 Å². The van der Waals surface area contributed by atoms with E-state index in [1.807, 2.05) is 0 Å². The van der Waals surface area contributed by atoms with Gasteiger partial charge in [0.15, 0.2) is 0 Å². The molecule has 1 fully saturated rings. The number of halogens is 4. The lowest BCUT2D eigenvalue weighted by molar-refractivity contribution is -0.140. The maximum absolute atomic E-state index is 13.4. The number of piperidine rings is 1. The molecular weight excluding hydrogens is 388 g/mol. The molecule has 10 heteroatoms. The number of ether oxygens (including phenoxy) is 1. The summed E-state index contributed by atoms with van der Waals surface area (Å²) in [7, 11) is 1.23. The Morgan fingerprint density at radius 2 is 2.07 bits per heavy atom. The van der Waals surface area contributed by atoms with E-state index >= 15 is 0 Å². The third kappa shape index (κ3) is 3.96. The smallest absolute Gasteiger partial charge is 0.419 e. The van der Waals surface area contributed by atoms with E-state index in [9.17, 15) is 27.2 Å². The van der Waals surface area contributed by atoms with Crippen molar-refractivity contribution in [2.24, 2.45) is 5.92 Å². The summed E-state index contributed by atoms with van der Waals surface area (Å²) in [6, 6.07) is 2.02. The Balaban J connectivity index is 1.89. The predicted molar refractivity (Wildman–Crippen MR) is 90.3 cm³/mol. The lowest BCUT2D eigenvalue weighted by Gasteiger charge is -2.26. The van der Waals surface area contributed by atoms with Crippen molar-refractivity contribution in [1.29, 1.82) is 0 Å². The Bertz CT molecular complexity index is 810. The summed E-state index contributed by atoms with van der Waals surface area (Å²) in [4.78, 5) is 24.6. The van der Waals surface area contributed by atoms with Gasteiger partial charge in [-0.05, 0) is 31.2 Å². The number of hydrogen-bond donors (Lipinski definition) is 2. The fourth-order valence-corrected chi connectivity index (χ4v) is 4.63.